The molecule has 2 rings (SSSR count). The molecule has 0 aliphatic heterocycles. The minimum atomic E-state index is 0.917. The Bertz CT molecular complexity index is 180. The molecule has 2 fully saturated rings. The summed E-state index contributed by atoms with van der Waals surface area (Å²) in [6.45, 7) is 6.54. The lowest BCUT2D eigenvalue weighted by atomic mass is 9.55. The normalized spacial score (nSPS) is 40.4. The Morgan fingerprint density at radius 1 is 1.33 bits per heavy atom. The van der Waals surface area contributed by atoms with Gasteiger partial charge in [0.15, 0.2) is 0 Å². The first-order chi connectivity index (χ1) is 5.84. The maximum atomic E-state index is 4.24. The molecule has 0 radical (unpaired) electrons. The topological polar surface area (TPSA) is 0 Å². The predicted molar refractivity (Wildman–Crippen MR) is 53.0 cm³/mol. The Labute approximate surface area is 76.1 Å². The SMILES string of the molecule is C=C1[C@H](CCC)[C@H]2CCCC[C@@H]12. The summed E-state index contributed by atoms with van der Waals surface area (Å²) in [5.74, 6) is 2.90. The van der Waals surface area contributed by atoms with Crippen LogP contribution in [0.2, 0.25) is 0 Å². The van der Waals surface area contributed by atoms with E-state index >= 15 is 0 Å². The molecule has 0 N–H and O–H groups in total. The van der Waals surface area contributed by atoms with E-state index in [1.165, 1.54) is 38.5 Å². The van der Waals surface area contributed by atoms with Crippen LogP contribution in [-0.4, -0.2) is 0 Å². The Morgan fingerprint density at radius 3 is 2.83 bits per heavy atom. The van der Waals surface area contributed by atoms with E-state index < -0.39 is 0 Å². The summed E-state index contributed by atoms with van der Waals surface area (Å²) < 4.78 is 0. The molecular formula is C12H20. The smallest absolute Gasteiger partial charge is 0.0169 e. The maximum Gasteiger partial charge on any atom is -0.0169 e. The highest BCUT2D eigenvalue weighted by Crippen LogP contribution is 2.54. The van der Waals surface area contributed by atoms with Crippen LogP contribution in [-0.2, 0) is 0 Å². The van der Waals surface area contributed by atoms with Gasteiger partial charge in [-0.25, -0.2) is 0 Å². The summed E-state index contributed by atoms with van der Waals surface area (Å²) in [6, 6.07) is 0. The minimum Gasteiger partial charge on any atom is -0.0993 e. The van der Waals surface area contributed by atoms with Gasteiger partial charge in [-0.3, -0.25) is 0 Å². The van der Waals surface area contributed by atoms with Crippen LogP contribution in [0, 0.1) is 17.8 Å². The van der Waals surface area contributed by atoms with E-state index in [-0.39, 0.29) is 0 Å². The molecule has 0 bridgehead atoms. The first kappa shape index (κ1) is 8.34. The lowest BCUT2D eigenvalue weighted by molar-refractivity contribution is 0.106. The summed E-state index contributed by atoms with van der Waals surface area (Å²) in [5, 5.41) is 0. The average Bonchev–Trinajstić information content (AvgIpc) is 2.13. The first-order valence-corrected chi connectivity index (χ1v) is 5.53. The van der Waals surface area contributed by atoms with Crippen molar-refractivity contribution in [3.8, 4) is 0 Å². The second-order valence-electron chi connectivity index (χ2n) is 4.52. The van der Waals surface area contributed by atoms with Gasteiger partial charge in [0.1, 0.15) is 0 Å². The molecule has 0 aromatic heterocycles. The fourth-order valence-electron chi connectivity index (χ4n) is 3.24. The van der Waals surface area contributed by atoms with Crippen molar-refractivity contribution in [2.24, 2.45) is 17.8 Å². The van der Waals surface area contributed by atoms with Crippen LogP contribution < -0.4 is 0 Å². The van der Waals surface area contributed by atoms with Crippen molar-refractivity contribution in [2.45, 2.75) is 45.4 Å². The third-order valence-electron chi connectivity index (χ3n) is 3.89. The van der Waals surface area contributed by atoms with Gasteiger partial charge < -0.3 is 0 Å². The fraction of sp³-hybridized carbons (Fsp3) is 0.833. The molecule has 0 heterocycles. The monoisotopic (exact) mass is 164 g/mol. The highest BCUT2D eigenvalue weighted by Gasteiger charge is 2.44. The van der Waals surface area contributed by atoms with E-state index in [0.29, 0.717) is 0 Å². The minimum absolute atomic E-state index is 0.917. The molecule has 12 heavy (non-hydrogen) atoms. The number of allylic oxidation sites excluding steroid dienone is 1. The third kappa shape index (κ3) is 1.12. The summed E-state index contributed by atoms with van der Waals surface area (Å²) in [4.78, 5) is 0. The zero-order chi connectivity index (χ0) is 8.55. The van der Waals surface area contributed by atoms with Crippen LogP contribution in [0.1, 0.15) is 45.4 Å². The number of fused-ring (bicyclic) bond motifs is 1. The molecule has 0 aromatic rings. The summed E-state index contributed by atoms with van der Waals surface area (Å²) in [5.41, 5.74) is 1.60. The van der Waals surface area contributed by atoms with E-state index in [1.807, 2.05) is 0 Å². The molecule has 2 saturated carbocycles. The van der Waals surface area contributed by atoms with Gasteiger partial charge in [0, 0.05) is 0 Å². The van der Waals surface area contributed by atoms with Crippen LogP contribution in [0.3, 0.4) is 0 Å². The largest absolute Gasteiger partial charge is 0.0993 e. The molecule has 0 spiro atoms. The van der Waals surface area contributed by atoms with Crippen molar-refractivity contribution in [1.82, 2.24) is 0 Å². The van der Waals surface area contributed by atoms with Crippen LogP contribution in [0.15, 0.2) is 12.2 Å². The molecule has 0 unspecified atom stereocenters. The van der Waals surface area contributed by atoms with E-state index in [0.717, 1.165) is 17.8 Å². The first-order valence-electron chi connectivity index (χ1n) is 5.53. The molecular weight excluding hydrogens is 144 g/mol. The molecule has 0 nitrogen and oxygen atoms in total. The second-order valence-corrected chi connectivity index (χ2v) is 4.52. The lowest BCUT2D eigenvalue weighted by Crippen LogP contribution is -2.41. The van der Waals surface area contributed by atoms with Crippen molar-refractivity contribution >= 4 is 0 Å². The highest BCUT2D eigenvalue weighted by molar-refractivity contribution is 5.21. The Hall–Kier alpha value is -0.260. The molecule has 0 saturated heterocycles. The van der Waals surface area contributed by atoms with Gasteiger partial charge in [0.2, 0.25) is 0 Å². The highest BCUT2D eigenvalue weighted by atomic mass is 14.5. The van der Waals surface area contributed by atoms with E-state index in [9.17, 15) is 0 Å². The van der Waals surface area contributed by atoms with E-state index in [4.69, 9.17) is 0 Å². The maximum absolute atomic E-state index is 4.24. The molecule has 2 aliphatic carbocycles. The van der Waals surface area contributed by atoms with Crippen molar-refractivity contribution in [3.63, 3.8) is 0 Å². The lowest BCUT2D eigenvalue weighted by Gasteiger charge is -2.50. The number of rotatable bonds is 2. The fourth-order valence-corrected chi connectivity index (χ4v) is 3.24. The quantitative estimate of drug-likeness (QED) is 0.545. The molecule has 0 heteroatoms. The standard InChI is InChI=1S/C12H20/c1-3-6-10-9(2)11-7-4-5-8-12(10)11/h10-12H,2-8H2,1H3/t10-,11-,12+/m0/s1. The van der Waals surface area contributed by atoms with Gasteiger partial charge in [0.05, 0.1) is 0 Å². The van der Waals surface area contributed by atoms with E-state index in [1.54, 1.807) is 5.57 Å². The van der Waals surface area contributed by atoms with Crippen LogP contribution in [0.4, 0.5) is 0 Å². The third-order valence-corrected chi connectivity index (χ3v) is 3.89. The summed E-state index contributed by atoms with van der Waals surface area (Å²) >= 11 is 0. The number of hydrogen-bond acceptors (Lipinski definition) is 0. The van der Waals surface area contributed by atoms with Crippen molar-refractivity contribution in [3.05, 3.63) is 12.2 Å². The summed E-state index contributed by atoms with van der Waals surface area (Å²) in [7, 11) is 0. The molecule has 0 aromatic carbocycles. The van der Waals surface area contributed by atoms with E-state index in [2.05, 4.69) is 13.5 Å². The van der Waals surface area contributed by atoms with Crippen molar-refractivity contribution in [2.75, 3.05) is 0 Å². The molecule has 0 amide bonds. The van der Waals surface area contributed by atoms with Crippen molar-refractivity contribution < 1.29 is 0 Å². The average molecular weight is 164 g/mol. The van der Waals surface area contributed by atoms with Crippen LogP contribution in [0.25, 0.3) is 0 Å². The molecule has 2 aliphatic rings. The van der Waals surface area contributed by atoms with Gasteiger partial charge in [-0.05, 0) is 37.0 Å². The van der Waals surface area contributed by atoms with Gasteiger partial charge in [-0.1, -0.05) is 38.3 Å². The zero-order valence-corrected chi connectivity index (χ0v) is 8.18. The summed E-state index contributed by atoms with van der Waals surface area (Å²) in [6.07, 6.45) is 8.62. The van der Waals surface area contributed by atoms with Gasteiger partial charge in [0.25, 0.3) is 0 Å². The molecule has 3 atom stereocenters. The predicted octanol–water partition coefficient (Wildman–Crippen LogP) is 3.78. The Morgan fingerprint density at radius 2 is 2.08 bits per heavy atom. The van der Waals surface area contributed by atoms with Gasteiger partial charge in [-0.2, -0.15) is 0 Å². The van der Waals surface area contributed by atoms with Gasteiger partial charge in [-0.15, -0.1) is 0 Å². The van der Waals surface area contributed by atoms with Crippen molar-refractivity contribution in [1.29, 1.82) is 0 Å². The van der Waals surface area contributed by atoms with Crippen LogP contribution >= 0.6 is 0 Å². The number of hydrogen-bond donors (Lipinski definition) is 0. The Balaban J connectivity index is 1.96. The second kappa shape index (κ2) is 3.24. The zero-order valence-electron chi connectivity index (χ0n) is 8.18. The Kier molecular flexibility index (Phi) is 2.25. The molecule has 68 valence electrons. The van der Waals surface area contributed by atoms with Crippen LogP contribution in [0.5, 0.6) is 0 Å². The van der Waals surface area contributed by atoms with Gasteiger partial charge >= 0.3 is 0 Å².